The molecule has 0 radical (unpaired) electrons. The van der Waals surface area contributed by atoms with Crippen molar-refractivity contribution in [1.82, 2.24) is 14.9 Å². The molecule has 1 atom stereocenters. The second-order valence-electron chi connectivity index (χ2n) is 5.71. The second kappa shape index (κ2) is 6.13. The molecule has 0 unspecified atom stereocenters. The fraction of sp³-hybridized carbons (Fsp3) is 0.353. The Labute approximate surface area is 128 Å². The summed E-state index contributed by atoms with van der Waals surface area (Å²) in [5.41, 5.74) is 0.491. The van der Waals surface area contributed by atoms with Crippen LogP contribution in [0.25, 0.3) is 10.9 Å². The quantitative estimate of drug-likeness (QED) is 0.884. The van der Waals surface area contributed by atoms with Gasteiger partial charge < -0.3 is 9.88 Å². The molecule has 3 rings (SSSR count). The topological polar surface area (TPSA) is 66.1 Å². The first kappa shape index (κ1) is 14.5. The van der Waals surface area contributed by atoms with Gasteiger partial charge in [0.2, 0.25) is 5.91 Å². The molecule has 5 heteroatoms. The number of nitrogens with one attached hydrogen (secondary N) is 1. The van der Waals surface area contributed by atoms with Gasteiger partial charge in [-0.2, -0.15) is 0 Å². The fourth-order valence-corrected chi connectivity index (χ4v) is 2.84. The van der Waals surface area contributed by atoms with Crippen LogP contribution in [-0.4, -0.2) is 27.8 Å². The Morgan fingerprint density at radius 3 is 2.95 bits per heavy atom. The minimum Gasteiger partial charge on any atom is -0.338 e. The number of carbonyl (C=O) groups is 1. The molecule has 1 aliphatic rings. The Bertz CT molecular complexity index is 779. The third-order valence-electron chi connectivity index (χ3n) is 4.04. The van der Waals surface area contributed by atoms with E-state index in [0.717, 1.165) is 19.3 Å². The summed E-state index contributed by atoms with van der Waals surface area (Å²) in [6.45, 7) is 0.319. The van der Waals surface area contributed by atoms with E-state index in [1.165, 1.54) is 0 Å². The summed E-state index contributed by atoms with van der Waals surface area (Å²) in [6, 6.07) is 7.21. The van der Waals surface area contributed by atoms with Crippen LogP contribution in [0.1, 0.15) is 25.1 Å². The second-order valence-corrected chi connectivity index (χ2v) is 5.71. The monoisotopic (exact) mass is 297 g/mol. The van der Waals surface area contributed by atoms with E-state index in [4.69, 9.17) is 0 Å². The fourth-order valence-electron chi connectivity index (χ4n) is 2.84. The van der Waals surface area contributed by atoms with Gasteiger partial charge in [-0.3, -0.25) is 9.59 Å². The van der Waals surface area contributed by atoms with Crippen LogP contribution >= 0.6 is 0 Å². The summed E-state index contributed by atoms with van der Waals surface area (Å²) in [7, 11) is 1.76. The third-order valence-corrected chi connectivity index (χ3v) is 4.04. The first-order valence-electron chi connectivity index (χ1n) is 7.53. The lowest BCUT2D eigenvalue weighted by Crippen LogP contribution is -2.34. The molecule has 0 saturated heterocycles. The van der Waals surface area contributed by atoms with Gasteiger partial charge in [0.1, 0.15) is 5.82 Å². The van der Waals surface area contributed by atoms with Gasteiger partial charge in [-0.1, -0.05) is 24.3 Å². The highest BCUT2D eigenvalue weighted by Gasteiger charge is 2.22. The van der Waals surface area contributed by atoms with Gasteiger partial charge in [-0.25, -0.2) is 4.98 Å². The average Bonchev–Trinajstić information content (AvgIpc) is 2.55. The van der Waals surface area contributed by atoms with Crippen LogP contribution in [0.4, 0.5) is 0 Å². The molecular weight excluding hydrogens is 278 g/mol. The zero-order chi connectivity index (χ0) is 15.5. The molecule has 0 aliphatic heterocycles. The van der Waals surface area contributed by atoms with E-state index >= 15 is 0 Å². The Morgan fingerprint density at radius 1 is 1.36 bits per heavy atom. The number of H-pyrrole nitrogens is 1. The van der Waals surface area contributed by atoms with Crippen molar-refractivity contribution in [1.29, 1.82) is 0 Å². The lowest BCUT2D eigenvalue weighted by molar-refractivity contribution is -0.135. The molecule has 1 aromatic carbocycles. The average molecular weight is 297 g/mol. The van der Waals surface area contributed by atoms with E-state index in [1.807, 2.05) is 18.2 Å². The molecule has 114 valence electrons. The van der Waals surface area contributed by atoms with E-state index < -0.39 is 0 Å². The molecule has 1 heterocycles. The number of nitrogens with zero attached hydrogens (tertiary/aromatic N) is 2. The molecule has 1 amide bonds. The molecule has 0 bridgehead atoms. The van der Waals surface area contributed by atoms with Crippen molar-refractivity contribution in [3.8, 4) is 0 Å². The first-order valence-corrected chi connectivity index (χ1v) is 7.53. The van der Waals surface area contributed by atoms with Crippen molar-refractivity contribution in [2.24, 2.45) is 5.92 Å². The van der Waals surface area contributed by atoms with E-state index in [9.17, 15) is 9.59 Å². The maximum Gasteiger partial charge on any atom is 0.258 e. The van der Waals surface area contributed by atoms with Gasteiger partial charge in [0.05, 0.1) is 17.4 Å². The number of aromatic amines is 1. The number of benzene rings is 1. The highest BCUT2D eigenvalue weighted by Crippen LogP contribution is 2.20. The standard InChI is InChI=1S/C17H19N3O2/c1-20(17(22)12-7-3-2-4-8-12)11-15-18-14-10-6-5-9-13(14)16(21)19-15/h2-3,5-6,9-10,12H,4,7-8,11H2,1H3,(H,18,19,21)/t12-/m0/s1. The molecule has 0 fully saturated rings. The van der Waals surface area contributed by atoms with E-state index in [1.54, 1.807) is 18.0 Å². The zero-order valence-corrected chi connectivity index (χ0v) is 12.6. The lowest BCUT2D eigenvalue weighted by Gasteiger charge is -2.24. The van der Waals surface area contributed by atoms with Crippen LogP contribution in [0.5, 0.6) is 0 Å². The van der Waals surface area contributed by atoms with Crippen LogP contribution in [0.2, 0.25) is 0 Å². The molecular formula is C17H19N3O2. The number of para-hydroxylation sites is 1. The van der Waals surface area contributed by atoms with Gasteiger partial charge in [-0.05, 0) is 31.4 Å². The number of aromatic nitrogens is 2. The van der Waals surface area contributed by atoms with Crippen molar-refractivity contribution in [3.05, 3.63) is 52.6 Å². The van der Waals surface area contributed by atoms with Gasteiger partial charge >= 0.3 is 0 Å². The maximum atomic E-state index is 12.4. The number of carbonyl (C=O) groups excluding carboxylic acids is 1. The van der Waals surface area contributed by atoms with E-state index in [-0.39, 0.29) is 17.4 Å². The largest absolute Gasteiger partial charge is 0.338 e. The van der Waals surface area contributed by atoms with Gasteiger partial charge in [0, 0.05) is 13.0 Å². The summed E-state index contributed by atoms with van der Waals surface area (Å²) in [4.78, 5) is 33.3. The van der Waals surface area contributed by atoms with Crippen molar-refractivity contribution in [3.63, 3.8) is 0 Å². The van der Waals surface area contributed by atoms with Crippen LogP contribution in [0.15, 0.2) is 41.2 Å². The minimum absolute atomic E-state index is 0.0437. The Balaban J connectivity index is 1.79. The molecule has 1 aromatic heterocycles. The lowest BCUT2D eigenvalue weighted by atomic mass is 9.93. The van der Waals surface area contributed by atoms with Gasteiger partial charge in [0.15, 0.2) is 0 Å². The number of fused-ring (bicyclic) bond motifs is 1. The van der Waals surface area contributed by atoms with E-state index in [0.29, 0.717) is 23.3 Å². The predicted octanol–water partition coefficient (Wildman–Crippen LogP) is 2.24. The molecule has 0 saturated carbocycles. The minimum atomic E-state index is -0.165. The van der Waals surface area contributed by atoms with Crippen LogP contribution in [0, 0.1) is 5.92 Å². The Hall–Kier alpha value is -2.43. The molecule has 0 spiro atoms. The molecule has 5 nitrogen and oxygen atoms in total. The van der Waals surface area contributed by atoms with Crippen molar-refractivity contribution in [2.45, 2.75) is 25.8 Å². The van der Waals surface area contributed by atoms with Gasteiger partial charge in [0.25, 0.3) is 5.56 Å². The Kier molecular flexibility index (Phi) is 4.04. The predicted molar refractivity (Wildman–Crippen MR) is 85.3 cm³/mol. The summed E-state index contributed by atoms with van der Waals surface area (Å²) >= 11 is 0. The van der Waals surface area contributed by atoms with Crippen molar-refractivity contribution >= 4 is 16.8 Å². The third kappa shape index (κ3) is 2.93. The van der Waals surface area contributed by atoms with Crippen LogP contribution < -0.4 is 5.56 Å². The molecule has 2 aromatic rings. The van der Waals surface area contributed by atoms with Crippen molar-refractivity contribution < 1.29 is 4.79 Å². The number of allylic oxidation sites excluding steroid dienone is 2. The SMILES string of the molecule is CN(Cc1nc2ccccc2c(=O)[nH]1)C(=O)[C@H]1CC=CCC1. The normalized spacial score (nSPS) is 17.6. The van der Waals surface area contributed by atoms with Crippen LogP contribution in [-0.2, 0) is 11.3 Å². The summed E-state index contributed by atoms with van der Waals surface area (Å²) in [5, 5.41) is 0.567. The van der Waals surface area contributed by atoms with E-state index in [2.05, 4.69) is 22.1 Å². The van der Waals surface area contributed by atoms with Crippen LogP contribution in [0.3, 0.4) is 0 Å². The number of amides is 1. The smallest absolute Gasteiger partial charge is 0.258 e. The maximum absolute atomic E-state index is 12.4. The Morgan fingerprint density at radius 2 is 2.18 bits per heavy atom. The number of rotatable bonds is 3. The molecule has 1 N–H and O–H groups in total. The first-order chi connectivity index (χ1) is 10.6. The summed E-state index contributed by atoms with van der Waals surface area (Å²) in [6.07, 6.45) is 6.82. The molecule has 22 heavy (non-hydrogen) atoms. The highest BCUT2D eigenvalue weighted by molar-refractivity contribution is 5.79. The van der Waals surface area contributed by atoms with Crippen molar-refractivity contribution in [2.75, 3.05) is 7.05 Å². The zero-order valence-electron chi connectivity index (χ0n) is 12.6. The van der Waals surface area contributed by atoms with Gasteiger partial charge in [-0.15, -0.1) is 0 Å². The molecule has 1 aliphatic carbocycles. The summed E-state index contributed by atoms with van der Waals surface area (Å²) < 4.78 is 0. The number of hydrogen-bond acceptors (Lipinski definition) is 3. The number of hydrogen-bond donors (Lipinski definition) is 1. The highest BCUT2D eigenvalue weighted by atomic mass is 16.2. The summed E-state index contributed by atoms with van der Waals surface area (Å²) in [5.74, 6) is 0.674.